The van der Waals surface area contributed by atoms with Crippen molar-refractivity contribution in [3.63, 3.8) is 0 Å². The molecule has 6 heterocycles. The first-order valence-corrected chi connectivity index (χ1v) is 25.5. The largest absolute Gasteiger partial charge is 0.494 e. The molecule has 4 atom stereocenters. The molecule has 0 fully saturated rings. The lowest BCUT2D eigenvalue weighted by Gasteiger charge is -2.23. The molecule has 2 N–H and O–H groups in total. The van der Waals surface area contributed by atoms with Gasteiger partial charge in [0, 0.05) is 62.5 Å². The van der Waals surface area contributed by atoms with Crippen LogP contribution in [0, 0.1) is 13.8 Å². The van der Waals surface area contributed by atoms with Gasteiger partial charge < -0.3 is 28.4 Å². The number of nitrogens with zero attached hydrogens (tertiary/aromatic N) is 12. The van der Waals surface area contributed by atoms with Gasteiger partial charge in [-0.1, -0.05) is 12.1 Å². The first-order chi connectivity index (χ1) is 35.6. The first kappa shape index (κ1) is 53.6. The first-order valence-electron chi connectivity index (χ1n) is 22.4. The fourth-order valence-corrected chi connectivity index (χ4v) is 9.86. The molecule has 0 aliphatic rings. The summed E-state index contributed by atoms with van der Waals surface area (Å²) in [6.45, 7) is 6.62. The van der Waals surface area contributed by atoms with Crippen LogP contribution in [-0.2, 0) is 29.5 Å². The number of aryl methyl sites for hydroxylation is 2. The Hall–Kier alpha value is -8.20. The number of rotatable bonds is 20. The van der Waals surface area contributed by atoms with Gasteiger partial charge >= 0.3 is 0 Å². The summed E-state index contributed by atoms with van der Waals surface area (Å²) in [5.74, 6) is 2.19. The standard InChI is InChI=1S/2C24H27N7O5S/c2*1-15-12-27-18(14-26-15)22(36-5)16(2)37(32,33)30-24-29-28-23(17-8-7-11-25-13-17)31(24)21-19(34-3)9-6-10-20(21)35-4/h2*6-14,16,22H,1-5H3,(H,29,30)/t2*16-,22+/m10/s1. The van der Waals surface area contributed by atoms with Gasteiger partial charge in [-0.3, -0.25) is 48.5 Å². The van der Waals surface area contributed by atoms with Crippen molar-refractivity contribution in [1.82, 2.24) is 59.4 Å². The highest BCUT2D eigenvalue weighted by molar-refractivity contribution is 7.93. The highest BCUT2D eigenvalue weighted by Crippen LogP contribution is 2.40. The molecular formula is C48H54N14O10S2. The van der Waals surface area contributed by atoms with Crippen LogP contribution in [-0.4, -0.2) is 129 Å². The minimum absolute atomic E-state index is 0.0710. The molecule has 8 aromatic rings. The lowest BCUT2D eigenvalue weighted by atomic mass is 10.2. The average molecular weight is 1050 g/mol. The van der Waals surface area contributed by atoms with Gasteiger partial charge in [0.25, 0.3) is 0 Å². The van der Waals surface area contributed by atoms with Crippen molar-refractivity contribution in [3.05, 3.63) is 133 Å². The fraction of sp³-hybridized carbons (Fsp3) is 0.292. The molecule has 0 spiro atoms. The third-order valence-corrected chi connectivity index (χ3v) is 14.8. The van der Waals surface area contributed by atoms with Crippen LogP contribution in [0.4, 0.5) is 11.9 Å². The minimum atomic E-state index is -4.08. The minimum Gasteiger partial charge on any atom is -0.494 e. The van der Waals surface area contributed by atoms with Gasteiger partial charge in [-0.05, 0) is 76.2 Å². The maximum atomic E-state index is 13.6. The number of anilines is 2. The van der Waals surface area contributed by atoms with Crippen LogP contribution >= 0.6 is 0 Å². The molecule has 74 heavy (non-hydrogen) atoms. The lowest BCUT2D eigenvalue weighted by molar-refractivity contribution is 0.0984. The highest BCUT2D eigenvalue weighted by Gasteiger charge is 2.36. The zero-order valence-electron chi connectivity index (χ0n) is 42.0. The van der Waals surface area contributed by atoms with E-state index in [2.05, 4.69) is 59.7 Å². The van der Waals surface area contributed by atoms with Gasteiger partial charge in [-0.2, -0.15) is 0 Å². The van der Waals surface area contributed by atoms with Crippen molar-refractivity contribution in [1.29, 1.82) is 0 Å². The van der Waals surface area contributed by atoms with Crippen molar-refractivity contribution in [3.8, 4) is 57.1 Å². The Morgan fingerprint density at radius 2 is 0.838 bits per heavy atom. The number of hydrogen-bond donors (Lipinski definition) is 2. The Balaban J connectivity index is 0.000000216. The van der Waals surface area contributed by atoms with Crippen LogP contribution in [0.1, 0.15) is 48.8 Å². The van der Waals surface area contributed by atoms with Gasteiger partial charge in [-0.15, -0.1) is 20.4 Å². The quantitative estimate of drug-likeness (QED) is 0.0894. The number of ether oxygens (including phenoxy) is 6. The van der Waals surface area contributed by atoms with Crippen LogP contribution in [0.2, 0.25) is 0 Å². The molecule has 2 aromatic carbocycles. The Morgan fingerprint density at radius 3 is 1.12 bits per heavy atom. The van der Waals surface area contributed by atoms with E-state index >= 15 is 0 Å². The number of para-hydroxylation sites is 2. The van der Waals surface area contributed by atoms with E-state index in [9.17, 15) is 16.8 Å². The molecule has 0 saturated carbocycles. The van der Waals surface area contributed by atoms with Crippen LogP contribution in [0.15, 0.2) is 110 Å². The fourth-order valence-electron chi connectivity index (χ4n) is 7.56. The number of pyridine rings is 2. The van der Waals surface area contributed by atoms with E-state index in [1.165, 1.54) is 78.0 Å². The van der Waals surface area contributed by atoms with E-state index in [0.717, 1.165) is 0 Å². The van der Waals surface area contributed by atoms with Crippen molar-refractivity contribution in [2.24, 2.45) is 0 Å². The molecular weight excluding hydrogens is 997 g/mol. The second-order valence-corrected chi connectivity index (χ2v) is 20.1. The summed E-state index contributed by atoms with van der Waals surface area (Å²) in [4.78, 5) is 25.3. The number of sulfonamides is 2. The smallest absolute Gasteiger partial charge is 0.243 e. The number of nitrogens with one attached hydrogen (secondary N) is 2. The van der Waals surface area contributed by atoms with Crippen molar-refractivity contribution < 1.29 is 45.3 Å². The molecule has 0 saturated heterocycles. The molecule has 26 heteroatoms. The summed E-state index contributed by atoms with van der Waals surface area (Å²) >= 11 is 0. The van der Waals surface area contributed by atoms with Gasteiger partial charge in [0.1, 0.15) is 57.1 Å². The maximum Gasteiger partial charge on any atom is 0.243 e. The summed E-state index contributed by atoms with van der Waals surface area (Å²) < 4.78 is 95.8. The molecule has 0 aliphatic heterocycles. The number of aromatic nitrogens is 12. The van der Waals surface area contributed by atoms with Crippen LogP contribution in [0.3, 0.4) is 0 Å². The van der Waals surface area contributed by atoms with E-state index in [1.54, 1.807) is 112 Å². The summed E-state index contributed by atoms with van der Waals surface area (Å²) in [6.07, 6.45) is 10.8. The lowest BCUT2D eigenvalue weighted by Crippen LogP contribution is -2.33. The van der Waals surface area contributed by atoms with E-state index < -0.39 is 42.8 Å². The normalized spacial score (nSPS) is 13.1. The molecule has 24 nitrogen and oxygen atoms in total. The molecule has 0 aliphatic carbocycles. The molecule has 8 rings (SSSR count). The number of methoxy groups -OCH3 is 6. The van der Waals surface area contributed by atoms with E-state index in [-0.39, 0.29) is 11.9 Å². The molecule has 0 amide bonds. The second kappa shape index (κ2) is 23.6. The van der Waals surface area contributed by atoms with Crippen LogP contribution in [0.5, 0.6) is 23.0 Å². The maximum absolute atomic E-state index is 13.6. The Bertz CT molecular complexity index is 3100. The summed E-state index contributed by atoms with van der Waals surface area (Å²) in [6, 6.07) is 17.5. The van der Waals surface area contributed by atoms with Gasteiger partial charge in [0.2, 0.25) is 31.9 Å². The SMILES string of the molecule is COc1cccc(OC)c1-n1c(NS(=O)(=O)[C@@H](C)[C@@H](OC)c2cnc(C)cn2)nnc1-c1cccnc1.COc1cccc(OC)c1-n1c(NS(=O)(=O)[C@H](C)[C@H](OC)c2cnc(C)cn2)nnc1-c1cccnc1. The molecule has 6 aromatic heterocycles. The van der Waals surface area contributed by atoms with E-state index in [1.807, 2.05) is 0 Å². The van der Waals surface area contributed by atoms with Crippen molar-refractivity contribution in [2.45, 2.75) is 50.4 Å². The number of hydrogen-bond acceptors (Lipinski definition) is 20. The molecule has 388 valence electrons. The summed E-state index contributed by atoms with van der Waals surface area (Å²) in [7, 11) is 0.682. The van der Waals surface area contributed by atoms with Gasteiger partial charge in [0.15, 0.2) is 11.6 Å². The predicted octanol–water partition coefficient (Wildman–Crippen LogP) is 5.93. The van der Waals surface area contributed by atoms with Crippen LogP contribution < -0.4 is 28.4 Å². The van der Waals surface area contributed by atoms with E-state index in [4.69, 9.17) is 28.4 Å². The second-order valence-electron chi connectivity index (χ2n) is 16.1. The highest BCUT2D eigenvalue weighted by atomic mass is 32.2. The zero-order valence-corrected chi connectivity index (χ0v) is 43.6. The topological polar surface area (TPSA) is 286 Å². The predicted molar refractivity (Wildman–Crippen MR) is 272 cm³/mol. The average Bonchev–Trinajstić information content (AvgIpc) is 4.03. The van der Waals surface area contributed by atoms with Crippen molar-refractivity contribution in [2.75, 3.05) is 52.1 Å². The summed E-state index contributed by atoms with van der Waals surface area (Å²) in [5, 5.41) is 14.7. The Morgan fingerprint density at radius 1 is 0.473 bits per heavy atom. The molecule has 0 radical (unpaired) electrons. The number of benzene rings is 2. The Labute approximate surface area is 427 Å². The van der Waals surface area contributed by atoms with Gasteiger partial charge in [0.05, 0.1) is 63.6 Å². The monoisotopic (exact) mass is 1050 g/mol. The zero-order chi connectivity index (χ0) is 53.2. The Kier molecular flexibility index (Phi) is 17.1. The van der Waals surface area contributed by atoms with E-state index in [0.29, 0.717) is 79.9 Å². The summed E-state index contributed by atoms with van der Waals surface area (Å²) in [5.41, 5.74) is 4.20. The van der Waals surface area contributed by atoms with Gasteiger partial charge in [-0.25, -0.2) is 16.8 Å². The third kappa shape index (κ3) is 11.5. The third-order valence-electron chi connectivity index (χ3n) is 11.4. The molecule has 0 unspecified atom stereocenters. The molecule has 0 bridgehead atoms. The van der Waals surface area contributed by atoms with Crippen LogP contribution in [0.25, 0.3) is 34.2 Å². The van der Waals surface area contributed by atoms with Crippen molar-refractivity contribution >= 4 is 31.9 Å².